The van der Waals surface area contributed by atoms with E-state index in [1.165, 1.54) is 5.56 Å². The van der Waals surface area contributed by atoms with Crippen molar-refractivity contribution >= 4 is 5.91 Å². The number of amides is 1. The van der Waals surface area contributed by atoms with Crippen LogP contribution < -0.4 is 10.1 Å². The van der Waals surface area contributed by atoms with Crippen LogP contribution in [0.2, 0.25) is 0 Å². The molecular weight excluding hydrogens is 340 g/mol. The van der Waals surface area contributed by atoms with Crippen molar-refractivity contribution in [3.63, 3.8) is 0 Å². The van der Waals surface area contributed by atoms with Gasteiger partial charge in [-0.1, -0.05) is 29.8 Å². The van der Waals surface area contributed by atoms with Crippen LogP contribution >= 0.6 is 0 Å². The fourth-order valence-electron chi connectivity index (χ4n) is 3.93. The summed E-state index contributed by atoms with van der Waals surface area (Å²) in [4.78, 5) is 14.9. The topological polar surface area (TPSA) is 61.8 Å². The van der Waals surface area contributed by atoms with E-state index in [1.54, 1.807) is 6.07 Å². The normalized spacial score (nSPS) is 17.7. The summed E-state index contributed by atoms with van der Waals surface area (Å²) in [5.74, 6) is 0.931. The summed E-state index contributed by atoms with van der Waals surface area (Å²) in [5, 5.41) is 13.8. The highest BCUT2D eigenvalue weighted by molar-refractivity contribution is 5.79. The fourth-order valence-corrected chi connectivity index (χ4v) is 3.93. The maximum absolute atomic E-state index is 13.0. The molecule has 4 rings (SSSR count). The molecular formula is C22H26N2O3. The van der Waals surface area contributed by atoms with Crippen molar-refractivity contribution in [2.75, 3.05) is 26.2 Å². The van der Waals surface area contributed by atoms with Gasteiger partial charge < -0.3 is 20.1 Å². The van der Waals surface area contributed by atoms with Crippen LogP contribution in [-0.2, 0) is 11.3 Å². The van der Waals surface area contributed by atoms with Gasteiger partial charge in [0.15, 0.2) is 11.5 Å². The van der Waals surface area contributed by atoms with Crippen LogP contribution in [0.4, 0.5) is 0 Å². The first kappa shape index (κ1) is 17.9. The minimum absolute atomic E-state index is 0.0849. The molecule has 0 bridgehead atoms. The largest absolute Gasteiger partial charge is 0.504 e. The molecule has 0 atom stereocenters. The van der Waals surface area contributed by atoms with Gasteiger partial charge in [0, 0.05) is 18.0 Å². The lowest BCUT2D eigenvalue weighted by Gasteiger charge is -2.28. The van der Waals surface area contributed by atoms with Gasteiger partial charge in [0.05, 0.1) is 6.54 Å². The molecule has 5 heteroatoms. The van der Waals surface area contributed by atoms with Gasteiger partial charge in [0.25, 0.3) is 0 Å². The molecule has 27 heavy (non-hydrogen) atoms. The third kappa shape index (κ3) is 3.78. The summed E-state index contributed by atoms with van der Waals surface area (Å²) in [5.41, 5.74) is 4.04. The molecule has 0 radical (unpaired) electrons. The van der Waals surface area contributed by atoms with Crippen LogP contribution in [0, 0.1) is 12.8 Å². The van der Waals surface area contributed by atoms with Gasteiger partial charge in [-0.05, 0) is 56.1 Å². The number of phenolic OH excluding ortho intramolecular Hbond substituents is 1. The number of carbonyl (C=O) groups is 1. The molecule has 5 nitrogen and oxygen atoms in total. The quantitative estimate of drug-likeness (QED) is 0.857. The second kappa shape index (κ2) is 7.61. The van der Waals surface area contributed by atoms with E-state index >= 15 is 0 Å². The van der Waals surface area contributed by atoms with E-state index in [-0.39, 0.29) is 17.6 Å². The number of rotatable bonds is 2. The summed E-state index contributed by atoms with van der Waals surface area (Å²) in [6.07, 6.45) is 1.77. The Hall–Kier alpha value is -2.53. The number of aryl methyl sites for hydroxylation is 1. The van der Waals surface area contributed by atoms with E-state index in [2.05, 4.69) is 24.4 Å². The summed E-state index contributed by atoms with van der Waals surface area (Å²) in [6.45, 7) is 5.28. The summed E-state index contributed by atoms with van der Waals surface area (Å²) in [6, 6.07) is 12.0. The smallest absolute Gasteiger partial charge is 0.226 e. The van der Waals surface area contributed by atoms with Gasteiger partial charge in [-0.2, -0.15) is 0 Å². The van der Waals surface area contributed by atoms with E-state index in [4.69, 9.17) is 4.74 Å². The van der Waals surface area contributed by atoms with E-state index in [0.717, 1.165) is 42.6 Å². The molecule has 2 heterocycles. The molecule has 2 aromatic rings. The van der Waals surface area contributed by atoms with Crippen molar-refractivity contribution in [3.05, 3.63) is 47.5 Å². The molecule has 1 saturated heterocycles. The number of piperidine rings is 1. The summed E-state index contributed by atoms with van der Waals surface area (Å²) in [7, 11) is 0. The highest BCUT2D eigenvalue weighted by atomic mass is 16.5. The summed E-state index contributed by atoms with van der Waals surface area (Å²) >= 11 is 0. The Morgan fingerprint density at radius 1 is 1.15 bits per heavy atom. The van der Waals surface area contributed by atoms with Crippen LogP contribution in [0.25, 0.3) is 11.1 Å². The fraction of sp³-hybridized carbons (Fsp3) is 0.409. The number of aromatic hydroxyl groups is 1. The zero-order chi connectivity index (χ0) is 18.8. The molecule has 142 valence electrons. The molecule has 1 fully saturated rings. The Labute approximate surface area is 160 Å². The van der Waals surface area contributed by atoms with E-state index < -0.39 is 0 Å². The number of hydrogen-bond acceptors (Lipinski definition) is 4. The molecule has 1 amide bonds. The van der Waals surface area contributed by atoms with Crippen molar-refractivity contribution in [3.8, 4) is 22.6 Å². The molecule has 0 aromatic heterocycles. The number of nitrogens with zero attached hydrogens (tertiary/aromatic N) is 1. The van der Waals surface area contributed by atoms with Crippen molar-refractivity contribution < 1.29 is 14.6 Å². The molecule has 2 aliphatic rings. The minimum Gasteiger partial charge on any atom is -0.504 e. The minimum atomic E-state index is 0.0849. The van der Waals surface area contributed by atoms with Gasteiger partial charge in [-0.25, -0.2) is 0 Å². The third-order valence-corrected chi connectivity index (χ3v) is 5.50. The standard InChI is InChI=1S/C22H26N2O3/c1-15-2-4-16(5-3-15)18-12-19-14-24(10-11-27-21(19)20(25)13-18)22(26)17-6-8-23-9-7-17/h2-5,12-13,17,23,25H,6-11,14H2,1H3. The number of ether oxygens (including phenoxy) is 1. The number of phenols is 1. The Bertz CT molecular complexity index is 826. The van der Waals surface area contributed by atoms with Crippen molar-refractivity contribution in [1.82, 2.24) is 10.2 Å². The maximum atomic E-state index is 13.0. The number of carbonyl (C=O) groups excluding carboxylic acids is 1. The van der Waals surface area contributed by atoms with Gasteiger partial charge >= 0.3 is 0 Å². The molecule has 0 unspecified atom stereocenters. The van der Waals surface area contributed by atoms with Gasteiger partial charge in [-0.15, -0.1) is 0 Å². The first-order valence-corrected chi connectivity index (χ1v) is 9.67. The average Bonchev–Trinajstić information content (AvgIpc) is 2.91. The molecule has 2 aromatic carbocycles. The second-order valence-electron chi connectivity index (χ2n) is 7.48. The first-order chi connectivity index (χ1) is 13.1. The van der Waals surface area contributed by atoms with Crippen LogP contribution in [0.5, 0.6) is 11.5 Å². The molecule has 2 aliphatic heterocycles. The Morgan fingerprint density at radius 2 is 1.89 bits per heavy atom. The first-order valence-electron chi connectivity index (χ1n) is 9.67. The number of nitrogens with one attached hydrogen (secondary N) is 1. The molecule has 0 spiro atoms. The lowest BCUT2D eigenvalue weighted by atomic mass is 9.96. The SMILES string of the molecule is Cc1ccc(-c2cc(O)c3c(c2)CN(C(=O)C2CCNCC2)CCO3)cc1. The highest BCUT2D eigenvalue weighted by Crippen LogP contribution is 2.38. The van der Waals surface area contributed by atoms with Crippen molar-refractivity contribution in [1.29, 1.82) is 0 Å². The maximum Gasteiger partial charge on any atom is 0.226 e. The summed E-state index contributed by atoms with van der Waals surface area (Å²) < 4.78 is 5.80. The number of fused-ring (bicyclic) bond motifs is 1. The van der Waals surface area contributed by atoms with Crippen LogP contribution in [0.3, 0.4) is 0 Å². The number of benzene rings is 2. The third-order valence-electron chi connectivity index (χ3n) is 5.50. The van der Waals surface area contributed by atoms with Crippen LogP contribution in [0.1, 0.15) is 24.0 Å². The van der Waals surface area contributed by atoms with Crippen molar-refractivity contribution in [2.24, 2.45) is 5.92 Å². The number of hydrogen-bond donors (Lipinski definition) is 2. The predicted molar refractivity (Wildman–Crippen MR) is 105 cm³/mol. The Morgan fingerprint density at radius 3 is 2.63 bits per heavy atom. The van der Waals surface area contributed by atoms with E-state index in [0.29, 0.717) is 25.4 Å². The van der Waals surface area contributed by atoms with E-state index in [9.17, 15) is 9.90 Å². The Balaban J connectivity index is 1.62. The average molecular weight is 366 g/mol. The highest BCUT2D eigenvalue weighted by Gasteiger charge is 2.28. The zero-order valence-electron chi connectivity index (χ0n) is 15.7. The van der Waals surface area contributed by atoms with Crippen LogP contribution in [-0.4, -0.2) is 42.2 Å². The molecule has 0 aliphatic carbocycles. The monoisotopic (exact) mass is 366 g/mol. The van der Waals surface area contributed by atoms with Gasteiger partial charge in [0.2, 0.25) is 5.91 Å². The Kier molecular flexibility index (Phi) is 5.03. The van der Waals surface area contributed by atoms with Gasteiger partial charge in [0.1, 0.15) is 6.61 Å². The van der Waals surface area contributed by atoms with E-state index in [1.807, 2.05) is 23.1 Å². The zero-order valence-corrected chi connectivity index (χ0v) is 15.7. The van der Waals surface area contributed by atoms with Gasteiger partial charge in [-0.3, -0.25) is 4.79 Å². The second-order valence-corrected chi connectivity index (χ2v) is 7.48. The predicted octanol–water partition coefficient (Wildman–Crippen LogP) is 3.09. The lowest BCUT2D eigenvalue weighted by molar-refractivity contribution is -0.137. The molecule has 0 saturated carbocycles. The van der Waals surface area contributed by atoms with Crippen LogP contribution in [0.15, 0.2) is 36.4 Å². The lowest BCUT2D eigenvalue weighted by Crippen LogP contribution is -2.41. The van der Waals surface area contributed by atoms with Crippen molar-refractivity contribution in [2.45, 2.75) is 26.3 Å². The molecule has 2 N–H and O–H groups in total.